The summed E-state index contributed by atoms with van der Waals surface area (Å²) in [5.41, 5.74) is 2.06. The molecule has 0 amide bonds. The van der Waals surface area contributed by atoms with Crippen LogP contribution in [0.4, 0.5) is 0 Å². The Morgan fingerprint density at radius 3 is 2.62 bits per heavy atom. The molecule has 0 aliphatic rings. The Labute approximate surface area is 99.3 Å². The number of aryl methyl sites for hydroxylation is 2. The third kappa shape index (κ3) is 1.93. The van der Waals surface area contributed by atoms with E-state index in [1.807, 2.05) is 25.3 Å². The lowest BCUT2D eigenvalue weighted by molar-refractivity contribution is 0.872. The van der Waals surface area contributed by atoms with Gasteiger partial charge in [0, 0.05) is 18.2 Å². The summed E-state index contributed by atoms with van der Waals surface area (Å²) in [6.07, 6.45) is 2.52. The Bertz CT molecular complexity index is 519. The van der Waals surface area contributed by atoms with Gasteiger partial charge in [0.2, 0.25) is 0 Å². The maximum atomic E-state index is 5.95. The predicted molar refractivity (Wildman–Crippen MR) is 63.0 cm³/mol. The van der Waals surface area contributed by atoms with Crippen molar-refractivity contribution in [2.45, 2.75) is 27.2 Å². The lowest BCUT2D eigenvalue weighted by Gasteiger charge is -2.06. The summed E-state index contributed by atoms with van der Waals surface area (Å²) in [5, 5.41) is 0.465. The SMILES string of the molecule is CCc1nc(Cl)cc(-n2cnc(C)c2C)n1. The van der Waals surface area contributed by atoms with Crippen molar-refractivity contribution >= 4 is 11.6 Å². The van der Waals surface area contributed by atoms with E-state index >= 15 is 0 Å². The Morgan fingerprint density at radius 1 is 1.31 bits per heavy atom. The number of rotatable bonds is 2. The first-order chi connectivity index (χ1) is 7.61. The van der Waals surface area contributed by atoms with Gasteiger partial charge in [-0.3, -0.25) is 4.57 Å². The fourth-order valence-corrected chi connectivity index (χ4v) is 1.66. The molecule has 0 saturated heterocycles. The highest BCUT2D eigenvalue weighted by molar-refractivity contribution is 6.29. The van der Waals surface area contributed by atoms with Crippen LogP contribution in [0.5, 0.6) is 0 Å². The van der Waals surface area contributed by atoms with Crippen LogP contribution in [0.3, 0.4) is 0 Å². The van der Waals surface area contributed by atoms with Gasteiger partial charge in [-0.25, -0.2) is 15.0 Å². The van der Waals surface area contributed by atoms with Crippen LogP contribution in [-0.4, -0.2) is 19.5 Å². The summed E-state index contributed by atoms with van der Waals surface area (Å²) in [5.74, 6) is 1.52. The fraction of sp³-hybridized carbons (Fsp3) is 0.364. The molecule has 0 saturated carbocycles. The number of nitrogens with zero attached hydrogens (tertiary/aromatic N) is 4. The lowest BCUT2D eigenvalue weighted by Crippen LogP contribution is -2.03. The number of hydrogen-bond acceptors (Lipinski definition) is 3. The van der Waals surface area contributed by atoms with E-state index in [4.69, 9.17) is 11.6 Å². The Hall–Kier alpha value is -1.42. The first-order valence-electron chi connectivity index (χ1n) is 5.16. The smallest absolute Gasteiger partial charge is 0.143 e. The second kappa shape index (κ2) is 4.22. The van der Waals surface area contributed by atoms with E-state index < -0.39 is 0 Å². The maximum Gasteiger partial charge on any atom is 0.143 e. The molecule has 2 aromatic rings. The summed E-state index contributed by atoms with van der Waals surface area (Å²) in [4.78, 5) is 12.8. The molecular weight excluding hydrogens is 224 g/mol. The Kier molecular flexibility index (Phi) is 2.92. The molecule has 0 bridgehead atoms. The van der Waals surface area contributed by atoms with E-state index in [0.29, 0.717) is 5.15 Å². The van der Waals surface area contributed by atoms with E-state index in [-0.39, 0.29) is 0 Å². The van der Waals surface area contributed by atoms with Gasteiger partial charge in [-0.2, -0.15) is 0 Å². The van der Waals surface area contributed by atoms with E-state index in [1.54, 1.807) is 12.4 Å². The number of aromatic nitrogens is 4. The minimum absolute atomic E-state index is 0.465. The molecule has 2 heterocycles. The highest BCUT2D eigenvalue weighted by atomic mass is 35.5. The van der Waals surface area contributed by atoms with Crippen molar-refractivity contribution < 1.29 is 0 Å². The molecule has 2 aromatic heterocycles. The molecule has 0 fully saturated rings. The van der Waals surface area contributed by atoms with Gasteiger partial charge in [-0.15, -0.1) is 0 Å². The predicted octanol–water partition coefficient (Wildman–Crippen LogP) is 2.49. The van der Waals surface area contributed by atoms with Crippen molar-refractivity contribution in [2.24, 2.45) is 0 Å². The summed E-state index contributed by atoms with van der Waals surface area (Å²) in [7, 11) is 0. The first-order valence-corrected chi connectivity index (χ1v) is 5.54. The number of halogens is 1. The van der Waals surface area contributed by atoms with Crippen LogP contribution < -0.4 is 0 Å². The average Bonchev–Trinajstić information content (AvgIpc) is 2.59. The van der Waals surface area contributed by atoms with Gasteiger partial charge < -0.3 is 0 Å². The van der Waals surface area contributed by atoms with Crippen LogP contribution in [0, 0.1) is 13.8 Å². The van der Waals surface area contributed by atoms with Crippen molar-refractivity contribution in [1.29, 1.82) is 0 Å². The molecule has 0 spiro atoms. The van der Waals surface area contributed by atoms with Gasteiger partial charge in [0.15, 0.2) is 0 Å². The monoisotopic (exact) mass is 236 g/mol. The van der Waals surface area contributed by atoms with Crippen molar-refractivity contribution in [1.82, 2.24) is 19.5 Å². The molecule has 2 rings (SSSR count). The number of imidazole rings is 1. The normalized spacial score (nSPS) is 10.8. The summed E-state index contributed by atoms with van der Waals surface area (Å²) < 4.78 is 1.92. The molecule has 0 radical (unpaired) electrons. The van der Waals surface area contributed by atoms with Crippen LogP contribution in [-0.2, 0) is 6.42 Å². The van der Waals surface area contributed by atoms with Gasteiger partial charge in [-0.05, 0) is 13.8 Å². The molecule has 5 heteroatoms. The van der Waals surface area contributed by atoms with E-state index in [1.165, 1.54) is 0 Å². The number of hydrogen-bond donors (Lipinski definition) is 0. The summed E-state index contributed by atoms with van der Waals surface area (Å²) in [6.45, 7) is 5.97. The van der Waals surface area contributed by atoms with Gasteiger partial charge in [-0.1, -0.05) is 18.5 Å². The van der Waals surface area contributed by atoms with Crippen LogP contribution in [0.1, 0.15) is 24.1 Å². The third-order valence-corrected chi connectivity index (χ3v) is 2.74. The topological polar surface area (TPSA) is 43.6 Å². The molecule has 0 aromatic carbocycles. The average molecular weight is 237 g/mol. The lowest BCUT2D eigenvalue weighted by atomic mass is 10.3. The second-order valence-corrected chi connectivity index (χ2v) is 3.99. The van der Waals surface area contributed by atoms with Gasteiger partial charge >= 0.3 is 0 Å². The Morgan fingerprint density at radius 2 is 2.06 bits per heavy atom. The van der Waals surface area contributed by atoms with Crippen molar-refractivity contribution in [3.63, 3.8) is 0 Å². The molecule has 0 atom stereocenters. The standard InChI is InChI=1S/C11H13ClN4/c1-4-10-14-9(12)5-11(15-10)16-6-13-7(2)8(16)3/h5-6H,4H2,1-3H3. The fourth-order valence-electron chi connectivity index (χ4n) is 1.46. The zero-order valence-electron chi connectivity index (χ0n) is 9.53. The Balaban J connectivity index is 2.55. The zero-order valence-corrected chi connectivity index (χ0v) is 10.3. The van der Waals surface area contributed by atoms with E-state index in [0.717, 1.165) is 29.5 Å². The van der Waals surface area contributed by atoms with Crippen LogP contribution in [0.15, 0.2) is 12.4 Å². The van der Waals surface area contributed by atoms with Crippen LogP contribution in [0.25, 0.3) is 5.82 Å². The van der Waals surface area contributed by atoms with Crippen molar-refractivity contribution in [3.05, 3.63) is 34.8 Å². The highest BCUT2D eigenvalue weighted by Gasteiger charge is 2.08. The van der Waals surface area contributed by atoms with Gasteiger partial charge in [0.1, 0.15) is 23.1 Å². The molecule has 0 aliphatic carbocycles. The third-order valence-electron chi connectivity index (χ3n) is 2.54. The molecule has 84 valence electrons. The van der Waals surface area contributed by atoms with Crippen LogP contribution >= 0.6 is 11.6 Å². The first kappa shape index (κ1) is 11.1. The molecule has 0 unspecified atom stereocenters. The van der Waals surface area contributed by atoms with Crippen molar-refractivity contribution in [3.8, 4) is 5.82 Å². The molecule has 4 nitrogen and oxygen atoms in total. The molecule has 0 N–H and O–H groups in total. The largest absolute Gasteiger partial charge is 0.287 e. The quantitative estimate of drug-likeness (QED) is 0.753. The van der Waals surface area contributed by atoms with Crippen LogP contribution in [0.2, 0.25) is 5.15 Å². The molecule has 0 aliphatic heterocycles. The molecular formula is C11H13ClN4. The second-order valence-electron chi connectivity index (χ2n) is 3.60. The van der Waals surface area contributed by atoms with Gasteiger partial charge in [0.25, 0.3) is 0 Å². The summed E-state index contributed by atoms with van der Waals surface area (Å²) in [6, 6.07) is 1.74. The van der Waals surface area contributed by atoms with Crippen molar-refractivity contribution in [2.75, 3.05) is 0 Å². The summed E-state index contributed by atoms with van der Waals surface area (Å²) >= 11 is 5.95. The minimum Gasteiger partial charge on any atom is -0.287 e. The maximum absolute atomic E-state index is 5.95. The molecule has 16 heavy (non-hydrogen) atoms. The van der Waals surface area contributed by atoms with Gasteiger partial charge in [0.05, 0.1) is 5.69 Å². The van der Waals surface area contributed by atoms with E-state index in [2.05, 4.69) is 15.0 Å². The highest BCUT2D eigenvalue weighted by Crippen LogP contribution is 2.15. The zero-order chi connectivity index (χ0) is 11.7. The minimum atomic E-state index is 0.465. The van der Waals surface area contributed by atoms with E-state index in [9.17, 15) is 0 Å².